The molecule has 1 aromatic heterocycles. The van der Waals surface area contributed by atoms with Crippen molar-refractivity contribution >= 4 is 5.91 Å². The van der Waals surface area contributed by atoms with Crippen LogP contribution in [-0.4, -0.2) is 44.9 Å². The van der Waals surface area contributed by atoms with Gasteiger partial charge in [-0.1, -0.05) is 5.21 Å². The van der Waals surface area contributed by atoms with Crippen LogP contribution >= 0.6 is 0 Å². The van der Waals surface area contributed by atoms with Crippen LogP contribution in [-0.2, 0) is 6.54 Å². The summed E-state index contributed by atoms with van der Waals surface area (Å²) in [5.41, 5.74) is 2.31. The molecular weight excluding hydrogens is 232 g/mol. The number of fused-ring (bicyclic) bond motifs is 2. The molecule has 2 unspecified atom stereocenters. The van der Waals surface area contributed by atoms with E-state index in [1.165, 1.54) is 25.8 Å². The van der Waals surface area contributed by atoms with Gasteiger partial charge in [-0.3, -0.25) is 19.8 Å². The van der Waals surface area contributed by atoms with Crippen molar-refractivity contribution in [1.29, 1.82) is 0 Å². The van der Waals surface area contributed by atoms with Crippen molar-refractivity contribution in [3.63, 3.8) is 0 Å². The van der Waals surface area contributed by atoms with Gasteiger partial charge in [0.2, 0.25) is 0 Å². The number of amides is 1. The van der Waals surface area contributed by atoms with Crippen LogP contribution in [0.15, 0.2) is 6.20 Å². The quantitative estimate of drug-likeness (QED) is 0.422. The zero-order valence-electron chi connectivity index (χ0n) is 10.2. The first kappa shape index (κ1) is 11.6. The van der Waals surface area contributed by atoms with Crippen molar-refractivity contribution in [3.8, 4) is 0 Å². The van der Waals surface area contributed by atoms with Gasteiger partial charge in [-0.25, -0.2) is 5.84 Å². The molecule has 7 heteroatoms. The molecule has 0 aromatic carbocycles. The van der Waals surface area contributed by atoms with E-state index in [1.807, 2.05) is 5.43 Å². The van der Waals surface area contributed by atoms with Crippen LogP contribution in [0.1, 0.15) is 29.8 Å². The minimum absolute atomic E-state index is 0.264. The lowest BCUT2D eigenvalue weighted by Crippen LogP contribution is -2.34. The van der Waals surface area contributed by atoms with Crippen LogP contribution in [0.4, 0.5) is 0 Å². The van der Waals surface area contributed by atoms with Gasteiger partial charge < -0.3 is 0 Å². The number of hydrazine groups is 1. The third-order valence-electron chi connectivity index (χ3n) is 4.04. The second-order valence-corrected chi connectivity index (χ2v) is 5.17. The van der Waals surface area contributed by atoms with Gasteiger partial charge in [0.25, 0.3) is 5.91 Å². The molecule has 2 aliphatic rings. The van der Waals surface area contributed by atoms with Gasteiger partial charge in [-0.05, 0) is 25.2 Å². The Labute approximate surface area is 105 Å². The van der Waals surface area contributed by atoms with Crippen molar-refractivity contribution in [1.82, 2.24) is 25.3 Å². The van der Waals surface area contributed by atoms with Crippen molar-refractivity contribution in [3.05, 3.63) is 11.9 Å². The lowest BCUT2D eigenvalue weighted by molar-refractivity contribution is 0.0948. The molecule has 0 radical (unpaired) electrons. The van der Waals surface area contributed by atoms with Gasteiger partial charge >= 0.3 is 0 Å². The van der Waals surface area contributed by atoms with E-state index in [1.54, 1.807) is 10.9 Å². The van der Waals surface area contributed by atoms with Gasteiger partial charge in [0, 0.05) is 19.1 Å². The van der Waals surface area contributed by atoms with E-state index in [4.69, 9.17) is 5.84 Å². The van der Waals surface area contributed by atoms with Gasteiger partial charge in [-0.2, -0.15) is 0 Å². The lowest BCUT2D eigenvalue weighted by atomic mass is 10.1. The van der Waals surface area contributed by atoms with Crippen LogP contribution in [0.2, 0.25) is 0 Å². The van der Waals surface area contributed by atoms with Gasteiger partial charge in [0.15, 0.2) is 5.69 Å². The van der Waals surface area contributed by atoms with Crippen molar-refractivity contribution in [2.24, 2.45) is 11.8 Å². The van der Waals surface area contributed by atoms with Crippen molar-refractivity contribution in [2.45, 2.75) is 31.8 Å². The van der Waals surface area contributed by atoms with Crippen LogP contribution < -0.4 is 11.3 Å². The maximum atomic E-state index is 11.2. The third-order valence-corrected chi connectivity index (χ3v) is 4.04. The summed E-state index contributed by atoms with van der Waals surface area (Å²) in [6, 6.07) is 0.769. The predicted octanol–water partition coefficient (Wildman–Crippen LogP) is -0.634. The van der Waals surface area contributed by atoms with Crippen LogP contribution in [0.3, 0.4) is 0 Å². The summed E-state index contributed by atoms with van der Waals surface area (Å²) in [5.74, 6) is 5.55. The number of nitrogens with two attached hydrogens (primary N) is 1. The van der Waals surface area contributed by atoms with E-state index in [-0.39, 0.29) is 5.69 Å². The average Bonchev–Trinajstić information content (AvgIpc) is 3.10. The first-order chi connectivity index (χ1) is 8.76. The zero-order chi connectivity index (χ0) is 12.5. The minimum atomic E-state index is -0.401. The number of carbonyl (C=O) groups is 1. The standard InChI is InChI=1S/C11H18N6O/c12-13-11(18)10-7-17(15-14-10)4-3-16-6-8-1-2-9(16)5-8/h7-9H,1-6,12H2,(H,13,18). The first-order valence-electron chi connectivity index (χ1n) is 6.41. The molecule has 7 nitrogen and oxygen atoms in total. The summed E-state index contributed by atoms with van der Waals surface area (Å²) < 4.78 is 1.70. The Bertz CT molecular complexity index is 444. The molecule has 2 heterocycles. The third kappa shape index (κ3) is 2.11. The minimum Gasteiger partial charge on any atom is -0.298 e. The van der Waals surface area contributed by atoms with Gasteiger partial charge in [0.1, 0.15) is 0 Å². The summed E-state index contributed by atoms with van der Waals surface area (Å²) >= 11 is 0. The van der Waals surface area contributed by atoms with E-state index in [2.05, 4.69) is 15.2 Å². The molecule has 1 aliphatic heterocycles. The molecule has 98 valence electrons. The van der Waals surface area contributed by atoms with Crippen molar-refractivity contribution < 1.29 is 4.79 Å². The second kappa shape index (κ2) is 4.66. The highest BCUT2D eigenvalue weighted by molar-refractivity contribution is 5.91. The highest BCUT2D eigenvalue weighted by Crippen LogP contribution is 2.36. The van der Waals surface area contributed by atoms with Crippen molar-refractivity contribution in [2.75, 3.05) is 13.1 Å². The topological polar surface area (TPSA) is 89.1 Å². The number of nitrogen functional groups attached to an aromatic ring is 1. The highest BCUT2D eigenvalue weighted by atomic mass is 16.2. The Hall–Kier alpha value is -1.47. The molecule has 1 saturated carbocycles. The van der Waals surface area contributed by atoms with Crippen LogP contribution in [0.25, 0.3) is 0 Å². The normalized spacial score (nSPS) is 26.7. The number of rotatable bonds is 4. The lowest BCUT2D eigenvalue weighted by Gasteiger charge is -2.26. The highest BCUT2D eigenvalue weighted by Gasteiger charge is 2.37. The van der Waals surface area contributed by atoms with Gasteiger partial charge in [0.05, 0.1) is 12.7 Å². The molecule has 2 fully saturated rings. The SMILES string of the molecule is NNC(=O)c1cn(CCN2CC3CCC2C3)nn1. The average molecular weight is 250 g/mol. The largest absolute Gasteiger partial charge is 0.298 e. The van der Waals surface area contributed by atoms with E-state index >= 15 is 0 Å². The molecule has 2 bridgehead atoms. The Morgan fingerprint density at radius 2 is 2.39 bits per heavy atom. The summed E-state index contributed by atoms with van der Waals surface area (Å²) in [6.07, 6.45) is 5.73. The molecule has 0 spiro atoms. The smallest absolute Gasteiger partial charge is 0.287 e. The summed E-state index contributed by atoms with van der Waals surface area (Å²) in [4.78, 5) is 13.8. The fraction of sp³-hybridized carbons (Fsp3) is 0.727. The van der Waals surface area contributed by atoms with Gasteiger partial charge in [-0.15, -0.1) is 5.10 Å². The number of hydrogen-bond acceptors (Lipinski definition) is 5. The number of nitrogens with zero attached hydrogens (tertiary/aromatic N) is 4. The monoisotopic (exact) mass is 250 g/mol. The fourth-order valence-electron chi connectivity index (χ4n) is 3.12. The summed E-state index contributed by atoms with van der Waals surface area (Å²) in [7, 11) is 0. The first-order valence-corrected chi connectivity index (χ1v) is 6.41. The number of piperidine rings is 1. The summed E-state index contributed by atoms with van der Waals surface area (Å²) in [5, 5.41) is 7.71. The zero-order valence-corrected chi connectivity index (χ0v) is 10.2. The van der Waals surface area contributed by atoms with Crippen LogP contribution in [0.5, 0.6) is 0 Å². The fourth-order valence-corrected chi connectivity index (χ4v) is 3.12. The van der Waals surface area contributed by atoms with Crippen LogP contribution in [0, 0.1) is 5.92 Å². The number of aromatic nitrogens is 3. The second-order valence-electron chi connectivity index (χ2n) is 5.17. The number of hydrogen-bond donors (Lipinski definition) is 2. The predicted molar refractivity (Wildman–Crippen MR) is 64.4 cm³/mol. The Morgan fingerprint density at radius 3 is 3.06 bits per heavy atom. The Kier molecular flexibility index (Phi) is 3.00. The molecule has 1 amide bonds. The number of carbonyl (C=O) groups excluding carboxylic acids is 1. The maximum absolute atomic E-state index is 11.2. The van der Waals surface area contributed by atoms with E-state index in [0.717, 1.165) is 25.0 Å². The Balaban J connectivity index is 1.54. The number of nitrogens with one attached hydrogen (secondary N) is 1. The molecule has 2 atom stereocenters. The molecule has 1 aromatic rings. The molecule has 1 saturated heterocycles. The molecule has 3 N–H and O–H groups in total. The molecule has 3 rings (SSSR count). The molecular formula is C11H18N6O. The number of likely N-dealkylation sites (tertiary alicyclic amines) is 1. The Morgan fingerprint density at radius 1 is 1.50 bits per heavy atom. The maximum Gasteiger partial charge on any atom is 0.287 e. The molecule has 1 aliphatic carbocycles. The summed E-state index contributed by atoms with van der Waals surface area (Å²) in [6.45, 7) is 2.97. The molecule has 18 heavy (non-hydrogen) atoms. The van der Waals surface area contributed by atoms with E-state index in [9.17, 15) is 4.79 Å². The van der Waals surface area contributed by atoms with E-state index in [0.29, 0.717) is 0 Å². The van der Waals surface area contributed by atoms with E-state index < -0.39 is 5.91 Å².